The first-order valence-corrected chi connectivity index (χ1v) is 13.4. The van der Waals surface area contributed by atoms with Gasteiger partial charge in [0.25, 0.3) is 0 Å². The van der Waals surface area contributed by atoms with Crippen LogP contribution in [0.2, 0.25) is 0 Å². The number of aliphatic hydroxyl groups excluding tert-OH is 2. The molecule has 0 heterocycles. The van der Waals surface area contributed by atoms with Gasteiger partial charge in [-0.1, -0.05) is 53.2 Å². The molecule has 0 amide bonds. The SMILES string of the molecule is CC1(C)CCC2(CO)CCC3C(=CCC4C3(C)CCC3C(C)(C)C(O)CCC34C)C2C1. The van der Waals surface area contributed by atoms with Crippen LogP contribution in [-0.4, -0.2) is 22.9 Å². The smallest absolute Gasteiger partial charge is 0.0594 e. The molecule has 0 saturated heterocycles. The molecule has 31 heavy (non-hydrogen) atoms. The number of allylic oxidation sites excluding steroid dienone is 2. The van der Waals surface area contributed by atoms with E-state index in [1.807, 2.05) is 0 Å². The van der Waals surface area contributed by atoms with Gasteiger partial charge in [0, 0.05) is 12.0 Å². The van der Waals surface area contributed by atoms with Crippen LogP contribution in [0.5, 0.6) is 0 Å². The predicted molar refractivity (Wildman–Crippen MR) is 128 cm³/mol. The average Bonchev–Trinajstić information content (AvgIpc) is 2.70. The molecule has 0 aromatic carbocycles. The van der Waals surface area contributed by atoms with Gasteiger partial charge in [0.2, 0.25) is 0 Å². The van der Waals surface area contributed by atoms with E-state index in [1.54, 1.807) is 5.57 Å². The van der Waals surface area contributed by atoms with E-state index >= 15 is 0 Å². The zero-order valence-corrected chi connectivity index (χ0v) is 21.1. The Hall–Kier alpha value is -0.340. The van der Waals surface area contributed by atoms with E-state index in [0.717, 1.165) is 12.3 Å². The molecule has 5 aliphatic carbocycles. The van der Waals surface area contributed by atoms with E-state index in [9.17, 15) is 10.2 Å². The second kappa shape index (κ2) is 6.84. The highest BCUT2D eigenvalue weighted by Crippen LogP contribution is 2.71. The second-order valence-electron chi connectivity index (χ2n) is 14.5. The number of hydrogen-bond acceptors (Lipinski definition) is 2. The van der Waals surface area contributed by atoms with Crippen molar-refractivity contribution in [1.29, 1.82) is 0 Å². The van der Waals surface area contributed by atoms with Crippen LogP contribution in [0.1, 0.15) is 106 Å². The topological polar surface area (TPSA) is 40.5 Å². The van der Waals surface area contributed by atoms with Crippen LogP contribution < -0.4 is 0 Å². The summed E-state index contributed by atoms with van der Waals surface area (Å²) in [4.78, 5) is 0. The highest BCUT2D eigenvalue weighted by Gasteiger charge is 2.64. The Morgan fingerprint density at radius 1 is 0.806 bits per heavy atom. The van der Waals surface area contributed by atoms with E-state index in [-0.39, 0.29) is 16.9 Å². The summed E-state index contributed by atoms with van der Waals surface area (Å²) in [5.41, 5.74) is 3.07. The molecule has 5 aliphatic rings. The molecule has 0 radical (unpaired) electrons. The van der Waals surface area contributed by atoms with Crippen molar-refractivity contribution in [3.05, 3.63) is 11.6 Å². The number of hydrogen-bond donors (Lipinski definition) is 2. The second-order valence-corrected chi connectivity index (χ2v) is 14.5. The van der Waals surface area contributed by atoms with Gasteiger partial charge < -0.3 is 10.2 Å². The first-order valence-electron chi connectivity index (χ1n) is 13.4. The molecular weight excluding hydrogens is 380 g/mol. The Labute approximate surface area is 191 Å². The molecule has 2 N–H and O–H groups in total. The molecule has 4 fully saturated rings. The number of rotatable bonds is 1. The van der Waals surface area contributed by atoms with Gasteiger partial charge in [0.1, 0.15) is 0 Å². The van der Waals surface area contributed by atoms with Crippen molar-refractivity contribution in [2.45, 2.75) is 112 Å². The maximum Gasteiger partial charge on any atom is 0.0594 e. The third kappa shape index (κ3) is 2.95. The standard InChI is InChI=1S/C29H48O2/c1-25(2)15-16-29(18-30)14-9-20-19(21(29)17-25)7-8-23-27(20,5)12-10-22-26(3,4)24(31)11-13-28(22,23)6/h7,20-24,30-31H,8-18H2,1-6H3. The Kier molecular flexibility index (Phi) is 4.96. The first-order chi connectivity index (χ1) is 14.4. The molecule has 8 atom stereocenters. The number of aliphatic hydroxyl groups is 2. The molecule has 0 aromatic heterocycles. The van der Waals surface area contributed by atoms with Crippen LogP contribution in [0.4, 0.5) is 0 Å². The average molecular weight is 429 g/mol. The molecule has 2 nitrogen and oxygen atoms in total. The summed E-state index contributed by atoms with van der Waals surface area (Å²) < 4.78 is 0. The predicted octanol–water partition coefficient (Wildman–Crippen LogP) is 6.75. The third-order valence-electron chi connectivity index (χ3n) is 12.3. The Morgan fingerprint density at radius 2 is 1.52 bits per heavy atom. The zero-order chi connectivity index (χ0) is 22.4. The summed E-state index contributed by atoms with van der Waals surface area (Å²) in [6.45, 7) is 15.2. The Bertz CT molecular complexity index is 765. The van der Waals surface area contributed by atoms with Crippen molar-refractivity contribution in [2.24, 2.45) is 50.7 Å². The first kappa shape index (κ1) is 22.5. The van der Waals surface area contributed by atoms with Crippen molar-refractivity contribution in [2.75, 3.05) is 6.61 Å². The summed E-state index contributed by atoms with van der Waals surface area (Å²) in [5.74, 6) is 2.66. The van der Waals surface area contributed by atoms with Gasteiger partial charge in [-0.25, -0.2) is 0 Å². The highest BCUT2D eigenvalue weighted by molar-refractivity contribution is 5.29. The minimum absolute atomic E-state index is 0.0321. The fourth-order valence-electron chi connectivity index (χ4n) is 10.3. The van der Waals surface area contributed by atoms with Crippen LogP contribution in [0, 0.1) is 50.7 Å². The van der Waals surface area contributed by atoms with Crippen molar-refractivity contribution in [3.8, 4) is 0 Å². The molecule has 8 unspecified atom stereocenters. The van der Waals surface area contributed by atoms with E-state index in [1.165, 1.54) is 57.8 Å². The summed E-state index contributed by atoms with van der Waals surface area (Å²) >= 11 is 0. The summed E-state index contributed by atoms with van der Waals surface area (Å²) in [5, 5.41) is 21.4. The lowest BCUT2D eigenvalue weighted by atomic mass is 9.37. The van der Waals surface area contributed by atoms with Gasteiger partial charge >= 0.3 is 0 Å². The molecule has 5 rings (SSSR count). The molecule has 4 saturated carbocycles. The minimum Gasteiger partial charge on any atom is -0.396 e. The van der Waals surface area contributed by atoms with Crippen LogP contribution >= 0.6 is 0 Å². The van der Waals surface area contributed by atoms with Crippen molar-refractivity contribution >= 4 is 0 Å². The van der Waals surface area contributed by atoms with Gasteiger partial charge in [-0.05, 0) is 110 Å². The van der Waals surface area contributed by atoms with E-state index < -0.39 is 0 Å². The maximum absolute atomic E-state index is 10.8. The van der Waals surface area contributed by atoms with E-state index in [4.69, 9.17) is 0 Å². The zero-order valence-electron chi connectivity index (χ0n) is 21.1. The summed E-state index contributed by atoms with van der Waals surface area (Å²) in [7, 11) is 0. The maximum atomic E-state index is 10.8. The fourth-order valence-corrected chi connectivity index (χ4v) is 10.3. The van der Waals surface area contributed by atoms with Crippen LogP contribution in [0.3, 0.4) is 0 Å². The fraction of sp³-hybridized carbons (Fsp3) is 0.931. The van der Waals surface area contributed by atoms with Crippen LogP contribution in [-0.2, 0) is 0 Å². The van der Waals surface area contributed by atoms with E-state index in [2.05, 4.69) is 47.6 Å². The molecular formula is C29H48O2. The normalized spacial score (nSPS) is 52.8. The quantitative estimate of drug-likeness (QED) is 0.453. The van der Waals surface area contributed by atoms with Crippen LogP contribution in [0.25, 0.3) is 0 Å². The summed E-state index contributed by atoms with van der Waals surface area (Å²) in [6.07, 6.45) is 14.8. The summed E-state index contributed by atoms with van der Waals surface area (Å²) in [6, 6.07) is 0. The lowest BCUT2D eigenvalue weighted by Crippen LogP contribution is -2.62. The van der Waals surface area contributed by atoms with Crippen LogP contribution in [0.15, 0.2) is 11.6 Å². The largest absolute Gasteiger partial charge is 0.396 e. The lowest BCUT2D eigenvalue weighted by molar-refractivity contribution is -0.187. The van der Waals surface area contributed by atoms with Crippen molar-refractivity contribution < 1.29 is 10.2 Å². The Balaban J connectivity index is 1.53. The van der Waals surface area contributed by atoms with Gasteiger partial charge in [0.05, 0.1) is 6.10 Å². The van der Waals surface area contributed by atoms with Gasteiger partial charge in [-0.2, -0.15) is 0 Å². The highest BCUT2D eigenvalue weighted by atomic mass is 16.3. The van der Waals surface area contributed by atoms with E-state index in [0.29, 0.717) is 40.6 Å². The van der Waals surface area contributed by atoms with Gasteiger partial charge in [0.15, 0.2) is 0 Å². The Morgan fingerprint density at radius 3 is 2.23 bits per heavy atom. The molecule has 0 spiro atoms. The number of fused-ring (bicyclic) bond motifs is 7. The third-order valence-corrected chi connectivity index (χ3v) is 12.3. The molecule has 0 bridgehead atoms. The molecule has 2 heteroatoms. The monoisotopic (exact) mass is 428 g/mol. The van der Waals surface area contributed by atoms with Gasteiger partial charge in [-0.3, -0.25) is 0 Å². The van der Waals surface area contributed by atoms with Crippen molar-refractivity contribution in [1.82, 2.24) is 0 Å². The van der Waals surface area contributed by atoms with Gasteiger partial charge in [-0.15, -0.1) is 0 Å². The molecule has 0 aromatic rings. The lowest BCUT2D eigenvalue weighted by Gasteiger charge is -2.68. The minimum atomic E-state index is -0.144. The van der Waals surface area contributed by atoms with Crippen molar-refractivity contribution in [3.63, 3.8) is 0 Å². The molecule has 0 aliphatic heterocycles. The molecule has 176 valence electrons.